The van der Waals surface area contributed by atoms with Gasteiger partial charge in [0, 0.05) is 23.9 Å². The van der Waals surface area contributed by atoms with Crippen molar-refractivity contribution in [1.29, 1.82) is 5.26 Å². The molecule has 3 heterocycles. The molecule has 0 amide bonds. The Bertz CT molecular complexity index is 1380. The average molecular weight is 444 g/mol. The number of ether oxygens (including phenoxy) is 1. The molecule has 0 bridgehead atoms. The highest BCUT2D eigenvalue weighted by Crippen LogP contribution is 2.36. The Morgan fingerprint density at radius 1 is 1.12 bits per heavy atom. The molecular formula is C26H22F2N4O. The Hall–Kier alpha value is -3.76. The largest absolute Gasteiger partial charge is 0.494 e. The number of methoxy groups -OCH3 is 1. The van der Waals surface area contributed by atoms with Crippen LogP contribution in [0.3, 0.4) is 0 Å². The predicted octanol–water partition coefficient (Wildman–Crippen LogP) is 5.14. The topological polar surface area (TPSA) is 62.9 Å². The van der Waals surface area contributed by atoms with Crippen LogP contribution in [0.5, 0.6) is 5.75 Å². The number of aromatic nitrogens is 2. The third-order valence-electron chi connectivity index (χ3n) is 6.20. The maximum atomic E-state index is 14.5. The maximum absolute atomic E-state index is 14.5. The van der Waals surface area contributed by atoms with Crippen LogP contribution in [-0.4, -0.2) is 29.8 Å². The molecule has 5 rings (SSSR count). The minimum atomic E-state index is -0.602. The number of hydrogen-bond donors (Lipinski definition) is 1. The Morgan fingerprint density at radius 2 is 1.94 bits per heavy atom. The highest BCUT2D eigenvalue weighted by Gasteiger charge is 2.19. The highest BCUT2D eigenvalue weighted by atomic mass is 19.1. The number of rotatable bonds is 5. The number of halogens is 2. The van der Waals surface area contributed by atoms with E-state index in [1.807, 2.05) is 24.4 Å². The van der Waals surface area contributed by atoms with Crippen molar-refractivity contribution in [2.24, 2.45) is 5.92 Å². The summed E-state index contributed by atoms with van der Waals surface area (Å²) in [5.41, 5.74) is 4.02. The lowest BCUT2D eigenvalue weighted by Crippen LogP contribution is -2.14. The summed E-state index contributed by atoms with van der Waals surface area (Å²) in [5.74, 6) is -0.427. The molecule has 7 heteroatoms. The van der Waals surface area contributed by atoms with Crippen molar-refractivity contribution in [2.75, 3.05) is 20.2 Å². The molecule has 5 nitrogen and oxygen atoms in total. The van der Waals surface area contributed by atoms with Gasteiger partial charge in [-0.05, 0) is 73.5 Å². The van der Waals surface area contributed by atoms with Crippen LogP contribution in [0.25, 0.3) is 33.4 Å². The monoisotopic (exact) mass is 444 g/mol. The molecule has 0 unspecified atom stereocenters. The summed E-state index contributed by atoms with van der Waals surface area (Å²) in [4.78, 5) is 4.85. The lowest BCUT2D eigenvalue weighted by molar-refractivity contribution is 0.386. The minimum Gasteiger partial charge on any atom is -0.494 e. The molecule has 2 aromatic heterocycles. The first-order valence-corrected chi connectivity index (χ1v) is 10.8. The van der Waals surface area contributed by atoms with Crippen molar-refractivity contribution < 1.29 is 13.5 Å². The van der Waals surface area contributed by atoms with Gasteiger partial charge in [0.1, 0.15) is 11.9 Å². The van der Waals surface area contributed by atoms with E-state index in [-0.39, 0.29) is 11.3 Å². The third kappa shape index (κ3) is 3.94. The molecule has 0 spiro atoms. The molecule has 33 heavy (non-hydrogen) atoms. The number of nitrogens with one attached hydrogen (secondary N) is 1. The minimum absolute atomic E-state index is 0.0260. The van der Waals surface area contributed by atoms with Gasteiger partial charge in [-0.25, -0.2) is 13.8 Å². The summed E-state index contributed by atoms with van der Waals surface area (Å²) in [5, 5.41) is 12.5. The Labute approximate surface area is 190 Å². The van der Waals surface area contributed by atoms with E-state index in [0.717, 1.165) is 37.1 Å². The van der Waals surface area contributed by atoms with Gasteiger partial charge in [0.15, 0.2) is 11.6 Å². The molecule has 1 aliphatic rings. The average Bonchev–Trinajstić information content (AvgIpc) is 3.48. The van der Waals surface area contributed by atoms with Crippen molar-refractivity contribution in [3.8, 4) is 34.2 Å². The second-order valence-electron chi connectivity index (χ2n) is 8.27. The fraction of sp³-hybridized carbons (Fsp3) is 0.231. The molecule has 0 aliphatic carbocycles. The van der Waals surface area contributed by atoms with Crippen LogP contribution in [0.15, 0.2) is 54.7 Å². The molecular weight excluding hydrogens is 422 g/mol. The van der Waals surface area contributed by atoms with Crippen molar-refractivity contribution in [3.63, 3.8) is 0 Å². The van der Waals surface area contributed by atoms with E-state index >= 15 is 0 Å². The second kappa shape index (κ2) is 8.64. The fourth-order valence-corrected chi connectivity index (χ4v) is 4.45. The normalized spacial score (nSPS) is 15.6. The molecule has 0 radical (unpaired) electrons. The highest BCUT2D eigenvalue weighted by molar-refractivity contribution is 5.90. The summed E-state index contributed by atoms with van der Waals surface area (Å²) >= 11 is 0. The number of fused-ring (bicyclic) bond motifs is 1. The number of nitrogens with zero attached hydrogens (tertiary/aromatic N) is 3. The summed E-state index contributed by atoms with van der Waals surface area (Å²) in [7, 11) is 1.41. The van der Waals surface area contributed by atoms with Gasteiger partial charge in [0.2, 0.25) is 0 Å². The molecule has 1 aliphatic heterocycles. The van der Waals surface area contributed by atoms with Gasteiger partial charge in [0.25, 0.3) is 0 Å². The van der Waals surface area contributed by atoms with E-state index in [4.69, 9.17) is 15.0 Å². The van der Waals surface area contributed by atoms with E-state index in [1.54, 1.807) is 18.2 Å². The van der Waals surface area contributed by atoms with Crippen LogP contribution in [-0.2, 0) is 6.54 Å². The van der Waals surface area contributed by atoms with Crippen molar-refractivity contribution in [3.05, 3.63) is 71.9 Å². The molecule has 166 valence electrons. The zero-order valence-corrected chi connectivity index (χ0v) is 18.1. The quantitative estimate of drug-likeness (QED) is 0.463. The molecule has 1 saturated heterocycles. The van der Waals surface area contributed by atoms with Gasteiger partial charge in [0.05, 0.1) is 29.4 Å². The SMILES string of the molecule is COc1ccc(-c2nc3ccn(C[C@@H]4CCNC4)c3cc2-c2ccc(C#N)c(F)c2)cc1F. The summed E-state index contributed by atoms with van der Waals surface area (Å²) in [6.45, 7) is 2.85. The lowest BCUT2D eigenvalue weighted by atomic mass is 9.97. The van der Waals surface area contributed by atoms with Crippen LogP contribution in [0.2, 0.25) is 0 Å². The van der Waals surface area contributed by atoms with Crippen molar-refractivity contribution >= 4 is 11.0 Å². The van der Waals surface area contributed by atoms with Gasteiger partial charge in [-0.1, -0.05) is 6.07 Å². The fourth-order valence-electron chi connectivity index (χ4n) is 4.45. The predicted molar refractivity (Wildman–Crippen MR) is 123 cm³/mol. The van der Waals surface area contributed by atoms with Crippen LogP contribution >= 0.6 is 0 Å². The number of hydrogen-bond acceptors (Lipinski definition) is 4. The van der Waals surface area contributed by atoms with E-state index in [2.05, 4.69) is 9.88 Å². The Kier molecular flexibility index (Phi) is 5.53. The van der Waals surface area contributed by atoms with E-state index in [1.165, 1.54) is 25.3 Å². The number of pyridine rings is 1. The maximum Gasteiger partial charge on any atom is 0.165 e. The smallest absolute Gasteiger partial charge is 0.165 e. The van der Waals surface area contributed by atoms with Gasteiger partial charge >= 0.3 is 0 Å². The molecule has 0 saturated carbocycles. The first-order valence-electron chi connectivity index (χ1n) is 10.8. The summed E-state index contributed by atoms with van der Waals surface area (Å²) in [6.07, 6.45) is 3.13. The van der Waals surface area contributed by atoms with Crippen LogP contribution in [0.4, 0.5) is 8.78 Å². The third-order valence-corrected chi connectivity index (χ3v) is 6.20. The molecule has 1 atom stereocenters. The zero-order valence-electron chi connectivity index (χ0n) is 18.1. The van der Waals surface area contributed by atoms with Crippen LogP contribution < -0.4 is 10.1 Å². The lowest BCUT2D eigenvalue weighted by Gasteiger charge is -2.15. The standard InChI is InChI=1S/C26H22F2N4O/c1-33-25-5-4-18(11-22(25)28)26-20(17-2-3-19(13-29)21(27)10-17)12-24-23(31-26)7-9-32(24)15-16-6-8-30-14-16/h2-5,7,9-12,16,30H,6,8,14-15H2,1H3/t16-/m1/s1. The first kappa shape index (κ1) is 21.1. The molecule has 1 fully saturated rings. The molecule has 1 N–H and O–H groups in total. The van der Waals surface area contributed by atoms with Gasteiger partial charge < -0.3 is 14.6 Å². The molecule has 4 aromatic rings. The van der Waals surface area contributed by atoms with E-state index < -0.39 is 11.6 Å². The second-order valence-corrected chi connectivity index (χ2v) is 8.27. The summed E-state index contributed by atoms with van der Waals surface area (Å²) in [6, 6.07) is 14.9. The first-order chi connectivity index (χ1) is 16.1. The number of nitriles is 1. The number of benzene rings is 2. The van der Waals surface area contributed by atoms with Crippen LogP contribution in [0.1, 0.15) is 12.0 Å². The van der Waals surface area contributed by atoms with Gasteiger partial charge in [-0.15, -0.1) is 0 Å². The van der Waals surface area contributed by atoms with Crippen molar-refractivity contribution in [2.45, 2.75) is 13.0 Å². The van der Waals surface area contributed by atoms with E-state index in [0.29, 0.717) is 28.3 Å². The van der Waals surface area contributed by atoms with Gasteiger partial charge in [-0.2, -0.15) is 5.26 Å². The molecule has 2 aromatic carbocycles. The zero-order chi connectivity index (χ0) is 22.9. The van der Waals surface area contributed by atoms with Gasteiger partial charge in [-0.3, -0.25) is 0 Å². The van der Waals surface area contributed by atoms with Crippen molar-refractivity contribution in [1.82, 2.24) is 14.9 Å². The van der Waals surface area contributed by atoms with Crippen LogP contribution in [0, 0.1) is 28.9 Å². The Morgan fingerprint density at radius 3 is 2.64 bits per heavy atom. The van der Waals surface area contributed by atoms with E-state index in [9.17, 15) is 8.78 Å². The summed E-state index contributed by atoms with van der Waals surface area (Å²) < 4.78 is 36.2. The Balaban J connectivity index is 1.69.